The van der Waals surface area contributed by atoms with Crippen LogP contribution in [-0.4, -0.2) is 58.2 Å². The van der Waals surface area contributed by atoms with Gasteiger partial charge in [-0.15, -0.1) is 0 Å². The number of carbonyl (C=O) groups excluding carboxylic acids is 2. The Hall–Kier alpha value is -4.28. The van der Waals surface area contributed by atoms with Gasteiger partial charge in [-0.1, -0.05) is 48.5 Å². The maximum absolute atomic E-state index is 13.4. The van der Waals surface area contributed by atoms with Crippen molar-refractivity contribution >= 4 is 18.0 Å². The average molecular weight is 484 g/mol. The molecular formula is C24H22F2N4O5. The summed E-state index contributed by atoms with van der Waals surface area (Å²) in [6.07, 6.45) is 1.74. The lowest BCUT2D eigenvalue weighted by atomic mass is 9.98. The number of aromatic amines is 1. The highest BCUT2D eigenvalue weighted by Gasteiger charge is 2.40. The molecule has 9 nitrogen and oxygen atoms in total. The number of nitrogens with one attached hydrogen (secondary N) is 3. The number of carbonyl (C=O) groups is 3. The van der Waals surface area contributed by atoms with E-state index in [9.17, 15) is 23.2 Å². The molecule has 0 unspecified atom stereocenters. The van der Waals surface area contributed by atoms with Crippen molar-refractivity contribution < 1.29 is 33.0 Å². The van der Waals surface area contributed by atoms with Crippen LogP contribution in [0.1, 0.15) is 22.7 Å². The molecule has 182 valence electrons. The summed E-state index contributed by atoms with van der Waals surface area (Å²) in [6, 6.07) is 14.2. The minimum Gasteiger partial charge on any atom is -0.477 e. The number of H-pyrrole nitrogens is 1. The number of rotatable bonds is 9. The highest BCUT2D eigenvalue weighted by atomic mass is 19.3. The number of benzene rings is 2. The number of aromatic nitrogens is 2. The van der Waals surface area contributed by atoms with Crippen LogP contribution in [0.5, 0.6) is 0 Å². The maximum atomic E-state index is 13.4. The van der Waals surface area contributed by atoms with Gasteiger partial charge in [-0.2, -0.15) is 8.78 Å². The first-order chi connectivity index (χ1) is 16.8. The van der Waals surface area contributed by atoms with Crippen molar-refractivity contribution in [1.82, 2.24) is 20.6 Å². The van der Waals surface area contributed by atoms with Gasteiger partial charge >= 0.3 is 18.0 Å². The first kappa shape index (κ1) is 23.9. The van der Waals surface area contributed by atoms with Gasteiger partial charge < -0.3 is 25.5 Å². The average Bonchev–Trinajstić information content (AvgIpc) is 3.47. The van der Waals surface area contributed by atoms with Crippen molar-refractivity contribution in [3.63, 3.8) is 0 Å². The Morgan fingerprint density at radius 1 is 1.09 bits per heavy atom. The van der Waals surface area contributed by atoms with Gasteiger partial charge in [0.1, 0.15) is 12.6 Å². The van der Waals surface area contributed by atoms with E-state index in [0.29, 0.717) is 5.69 Å². The van der Waals surface area contributed by atoms with Gasteiger partial charge in [-0.25, -0.2) is 14.6 Å². The zero-order valence-electron chi connectivity index (χ0n) is 18.3. The first-order valence-electron chi connectivity index (χ1n) is 10.7. The van der Waals surface area contributed by atoms with Crippen molar-refractivity contribution in [2.75, 3.05) is 13.2 Å². The van der Waals surface area contributed by atoms with Gasteiger partial charge in [-0.3, -0.25) is 4.79 Å². The van der Waals surface area contributed by atoms with Crippen LogP contribution in [0.2, 0.25) is 0 Å². The molecule has 1 aliphatic carbocycles. The number of carboxylic acids is 1. The number of fused-ring (bicyclic) bond motifs is 3. The topological polar surface area (TPSA) is 133 Å². The van der Waals surface area contributed by atoms with E-state index < -0.39 is 36.5 Å². The zero-order valence-corrected chi connectivity index (χ0v) is 18.3. The molecule has 2 aromatic carbocycles. The molecule has 11 heteroatoms. The zero-order chi connectivity index (χ0) is 25.0. The molecule has 0 fully saturated rings. The monoisotopic (exact) mass is 484 g/mol. The number of alkyl carbamates (subject to hydrolysis) is 1. The Labute approximate surface area is 198 Å². The van der Waals surface area contributed by atoms with E-state index in [2.05, 4.69) is 15.3 Å². The summed E-state index contributed by atoms with van der Waals surface area (Å²) in [5.74, 6) is -7.72. The van der Waals surface area contributed by atoms with Gasteiger partial charge in [0.05, 0.1) is 12.9 Å². The molecule has 0 saturated heterocycles. The van der Waals surface area contributed by atoms with E-state index in [0.717, 1.165) is 22.3 Å². The van der Waals surface area contributed by atoms with Crippen molar-refractivity contribution in [1.29, 1.82) is 0 Å². The van der Waals surface area contributed by atoms with Crippen LogP contribution in [0.15, 0.2) is 61.1 Å². The Kier molecular flexibility index (Phi) is 6.76. The van der Waals surface area contributed by atoms with Gasteiger partial charge in [-0.05, 0) is 22.3 Å². The molecule has 3 aromatic rings. The number of halogens is 2. The Morgan fingerprint density at radius 2 is 1.71 bits per heavy atom. The molecule has 4 rings (SSSR count). The van der Waals surface area contributed by atoms with Crippen molar-refractivity contribution in [2.45, 2.75) is 24.3 Å². The number of hydrogen-bond donors (Lipinski definition) is 4. The van der Waals surface area contributed by atoms with Crippen molar-refractivity contribution in [3.8, 4) is 11.1 Å². The third-order valence-corrected chi connectivity index (χ3v) is 5.73. The van der Waals surface area contributed by atoms with Gasteiger partial charge in [0, 0.05) is 24.2 Å². The van der Waals surface area contributed by atoms with E-state index in [1.807, 2.05) is 53.8 Å². The molecule has 0 spiro atoms. The van der Waals surface area contributed by atoms with Gasteiger partial charge in [0.25, 0.3) is 0 Å². The molecule has 1 aliphatic rings. The molecule has 35 heavy (non-hydrogen) atoms. The first-order valence-corrected chi connectivity index (χ1v) is 10.7. The lowest BCUT2D eigenvalue weighted by molar-refractivity contribution is -0.164. The van der Waals surface area contributed by atoms with Crippen LogP contribution < -0.4 is 10.6 Å². The minimum absolute atomic E-state index is 0.00462. The number of ether oxygens (including phenoxy) is 1. The normalized spacial score (nSPS) is 13.4. The van der Waals surface area contributed by atoms with Gasteiger partial charge in [0.2, 0.25) is 5.91 Å². The molecule has 0 aliphatic heterocycles. The second-order valence-corrected chi connectivity index (χ2v) is 8.03. The fraction of sp³-hybridized carbons (Fsp3) is 0.250. The molecular weight excluding hydrogens is 462 g/mol. The minimum atomic E-state index is -4.15. The van der Waals surface area contributed by atoms with E-state index in [-0.39, 0.29) is 18.9 Å². The van der Waals surface area contributed by atoms with Crippen LogP contribution in [0.25, 0.3) is 11.1 Å². The third kappa shape index (κ3) is 5.29. The summed E-state index contributed by atoms with van der Waals surface area (Å²) in [5.41, 5.74) is 4.56. The van der Waals surface area contributed by atoms with E-state index in [4.69, 9.17) is 9.84 Å². The molecule has 2 amide bonds. The lowest BCUT2D eigenvalue weighted by Crippen LogP contribution is -2.51. The Balaban J connectivity index is 1.43. The van der Waals surface area contributed by atoms with E-state index in [1.54, 1.807) is 0 Å². The summed E-state index contributed by atoms with van der Waals surface area (Å²) < 4.78 is 32.2. The number of aliphatic carboxylic acids is 1. The molecule has 0 saturated carbocycles. The summed E-state index contributed by atoms with van der Waals surface area (Å²) in [5, 5.41) is 12.8. The quantitative estimate of drug-likeness (QED) is 0.369. The Morgan fingerprint density at radius 3 is 2.29 bits per heavy atom. The Bertz CT molecular complexity index is 1190. The molecule has 0 radical (unpaired) electrons. The third-order valence-electron chi connectivity index (χ3n) is 5.73. The van der Waals surface area contributed by atoms with E-state index >= 15 is 0 Å². The highest BCUT2D eigenvalue weighted by Crippen LogP contribution is 2.44. The standard InChI is InChI=1S/C24H22F2N4O5/c25-24(26,22(32)33)12-28-21(31)20(9-14-10-27-13-29-14)30-23(34)35-11-19-17-7-3-1-5-15(17)16-6-2-4-8-18(16)19/h1-8,10,13,19-20H,9,11-12H2,(H,27,29)(H,28,31)(H,30,34)(H,32,33)/t20-/m0/s1. The highest BCUT2D eigenvalue weighted by molar-refractivity contribution is 5.87. The van der Waals surface area contributed by atoms with E-state index in [1.165, 1.54) is 12.5 Å². The second-order valence-electron chi connectivity index (χ2n) is 8.03. The molecule has 1 atom stereocenters. The van der Waals surface area contributed by atoms with Crippen LogP contribution in [0.3, 0.4) is 0 Å². The van der Waals surface area contributed by atoms with Crippen molar-refractivity contribution in [2.24, 2.45) is 0 Å². The molecule has 4 N–H and O–H groups in total. The second kappa shape index (κ2) is 9.92. The summed E-state index contributed by atoms with van der Waals surface area (Å²) in [7, 11) is 0. The summed E-state index contributed by atoms with van der Waals surface area (Å²) >= 11 is 0. The smallest absolute Gasteiger partial charge is 0.407 e. The fourth-order valence-electron chi connectivity index (χ4n) is 4.00. The number of carboxylic acid groups (broad SMARTS) is 1. The molecule has 0 bridgehead atoms. The molecule has 1 aromatic heterocycles. The van der Waals surface area contributed by atoms with Crippen LogP contribution in [0, 0.1) is 0 Å². The lowest BCUT2D eigenvalue weighted by Gasteiger charge is -2.20. The van der Waals surface area contributed by atoms with Crippen LogP contribution >= 0.6 is 0 Å². The maximum Gasteiger partial charge on any atom is 0.407 e. The van der Waals surface area contributed by atoms with Crippen LogP contribution in [-0.2, 0) is 20.7 Å². The fourth-order valence-corrected chi connectivity index (χ4v) is 4.00. The molecule has 1 heterocycles. The largest absolute Gasteiger partial charge is 0.477 e. The number of nitrogens with zero attached hydrogens (tertiary/aromatic N) is 1. The number of amides is 2. The number of hydrogen-bond acceptors (Lipinski definition) is 5. The SMILES string of the molecule is O=C(N[C@@H](Cc1cnc[nH]1)C(=O)NCC(F)(F)C(=O)O)OCC1c2ccccc2-c2ccccc21. The predicted octanol–water partition coefficient (Wildman–Crippen LogP) is 2.70. The predicted molar refractivity (Wildman–Crippen MR) is 120 cm³/mol. The summed E-state index contributed by atoms with van der Waals surface area (Å²) in [4.78, 5) is 42.3. The van der Waals surface area contributed by atoms with Crippen molar-refractivity contribution in [3.05, 3.63) is 77.9 Å². The number of imidazole rings is 1. The van der Waals surface area contributed by atoms with Gasteiger partial charge in [0.15, 0.2) is 0 Å². The number of alkyl halides is 2. The summed E-state index contributed by atoms with van der Waals surface area (Å²) in [6.45, 7) is -1.43. The van der Waals surface area contributed by atoms with Crippen LogP contribution in [0.4, 0.5) is 13.6 Å².